The molecule has 12 heteroatoms. The second kappa shape index (κ2) is 14.6. The van der Waals surface area contributed by atoms with Gasteiger partial charge in [-0.1, -0.05) is 0 Å². The van der Waals surface area contributed by atoms with Gasteiger partial charge in [0.05, 0.1) is 0 Å². The highest BCUT2D eigenvalue weighted by molar-refractivity contribution is 6.06. The van der Waals surface area contributed by atoms with Crippen molar-refractivity contribution < 1.29 is 56.9 Å². The standard InChI is InChI=1S/C25H32O12/c1-27-11-32-17-6-16(7-18(8-17)33-12-28-2)24-25(37-24)23(26)22-20(35-14-30-4)9-19(34-13-29-3)10-21(22)36-15-31-5/h6-10,24-25H,11-15H2,1-5H3/t24-,25-/m1/s1. The van der Waals surface area contributed by atoms with E-state index in [9.17, 15) is 4.79 Å². The summed E-state index contributed by atoms with van der Waals surface area (Å²) in [6, 6.07) is 8.30. The first-order valence-electron chi connectivity index (χ1n) is 11.2. The van der Waals surface area contributed by atoms with Crippen molar-refractivity contribution in [1.82, 2.24) is 0 Å². The Kier molecular flexibility index (Phi) is 11.2. The summed E-state index contributed by atoms with van der Waals surface area (Å²) < 4.78 is 58.9. The summed E-state index contributed by atoms with van der Waals surface area (Å²) in [7, 11) is 7.47. The highest BCUT2D eigenvalue weighted by Crippen LogP contribution is 2.46. The molecule has 204 valence electrons. The SMILES string of the molecule is COCOc1cc(OCOC)cc([C@H]2O[C@@H]2C(=O)c2c(OCOC)cc(OCOC)cc2OCOC)c1. The molecule has 1 aliphatic rings. The molecule has 0 N–H and O–H groups in total. The number of rotatable bonds is 18. The number of hydrogen-bond donors (Lipinski definition) is 0. The van der Waals surface area contributed by atoms with Gasteiger partial charge >= 0.3 is 0 Å². The molecule has 0 aliphatic carbocycles. The zero-order chi connectivity index (χ0) is 26.6. The van der Waals surface area contributed by atoms with Crippen LogP contribution in [0, 0.1) is 0 Å². The lowest BCUT2D eigenvalue weighted by atomic mass is 10.0. The van der Waals surface area contributed by atoms with Crippen LogP contribution >= 0.6 is 0 Å². The van der Waals surface area contributed by atoms with Gasteiger partial charge in [-0.15, -0.1) is 0 Å². The van der Waals surface area contributed by atoms with Crippen LogP contribution in [-0.2, 0) is 28.4 Å². The summed E-state index contributed by atoms with van der Waals surface area (Å²) >= 11 is 0. The lowest BCUT2D eigenvalue weighted by molar-refractivity contribution is 0.0397. The van der Waals surface area contributed by atoms with E-state index in [4.69, 9.17) is 52.1 Å². The highest BCUT2D eigenvalue weighted by Gasteiger charge is 2.48. The first-order valence-corrected chi connectivity index (χ1v) is 11.2. The third-order valence-electron chi connectivity index (χ3n) is 4.96. The Bertz CT molecular complexity index is 956. The van der Waals surface area contributed by atoms with Crippen LogP contribution in [0.15, 0.2) is 30.3 Å². The molecule has 0 amide bonds. The van der Waals surface area contributed by atoms with Crippen LogP contribution in [0.4, 0.5) is 0 Å². The molecule has 0 aromatic heterocycles. The maximum Gasteiger partial charge on any atom is 0.202 e. The predicted molar refractivity (Wildman–Crippen MR) is 127 cm³/mol. The normalized spacial score (nSPS) is 16.2. The van der Waals surface area contributed by atoms with Crippen LogP contribution in [0.2, 0.25) is 0 Å². The molecule has 1 aliphatic heterocycles. The number of ether oxygens (including phenoxy) is 11. The van der Waals surface area contributed by atoms with Crippen LogP contribution in [-0.4, -0.2) is 81.4 Å². The van der Waals surface area contributed by atoms with Gasteiger partial charge < -0.3 is 52.1 Å². The van der Waals surface area contributed by atoms with Gasteiger partial charge in [-0.05, 0) is 17.7 Å². The molecule has 2 atom stereocenters. The highest BCUT2D eigenvalue weighted by atomic mass is 16.7. The Balaban J connectivity index is 1.91. The Labute approximate surface area is 215 Å². The van der Waals surface area contributed by atoms with E-state index in [1.54, 1.807) is 30.3 Å². The van der Waals surface area contributed by atoms with Crippen molar-refractivity contribution in [2.45, 2.75) is 12.2 Å². The van der Waals surface area contributed by atoms with E-state index in [0.29, 0.717) is 22.8 Å². The van der Waals surface area contributed by atoms with Crippen molar-refractivity contribution in [1.29, 1.82) is 0 Å². The first-order chi connectivity index (χ1) is 18.1. The molecule has 0 bridgehead atoms. The minimum absolute atomic E-state index is 0.0104. The van der Waals surface area contributed by atoms with E-state index >= 15 is 0 Å². The predicted octanol–water partition coefficient (Wildman–Crippen LogP) is 2.92. The third kappa shape index (κ3) is 7.92. The third-order valence-corrected chi connectivity index (χ3v) is 4.96. The quantitative estimate of drug-likeness (QED) is 0.162. The van der Waals surface area contributed by atoms with Gasteiger partial charge in [0.2, 0.25) is 5.78 Å². The van der Waals surface area contributed by atoms with E-state index in [2.05, 4.69) is 0 Å². The maximum absolute atomic E-state index is 13.7. The fourth-order valence-corrected chi connectivity index (χ4v) is 3.38. The van der Waals surface area contributed by atoms with Gasteiger partial charge in [0.25, 0.3) is 0 Å². The zero-order valence-electron chi connectivity index (χ0n) is 21.5. The van der Waals surface area contributed by atoms with Crippen molar-refractivity contribution in [3.63, 3.8) is 0 Å². The molecule has 0 saturated carbocycles. The molecule has 1 saturated heterocycles. The largest absolute Gasteiger partial charge is 0.467 e. The number of Topliss-reactive ketones (excluding diaryl/α,β-unsaturated/α-hetero) is 1. The van der Waals surface area contributed by atoms with E-state index in [1.807, 2.05) is 0 Å². The van der Waals surface area contributed by atoms with Crippen LogP contribution in [0.5, 0.6) is 28.7 Å². The molecule has 1 fully saturated rings. The van der Waals surface area contributed by atoms with Crippen molar-refractivity contribution >= 4 is 5.78 Å². The second-order valence-corrected chi connectivity index (χ2v) is 7.63. The van der Waals surface area contributed by atoms with Gasteiger partial charge in [0, 0.05) is 53.7 Å². The zero-order valence-corrected chi connectivity index (χ0v) is 21.5. The van der Waals surface area contributed by atoms with Crippen LogP contribution in [0.1, 0.15) is 22.0 Å². The number of hydrogen-bond acceptors (Lipinski definition) is 12. The maximum atomic E-state index is 13.7. The van der Waals surface area contributed by atoms with Crippen molar-refractivity contribution in [3.8, 4) is 28.7 Å². The van der Waals surface area contributed by atoms with E-state index in [0.717, 1.165) is 0 Å². The average Bonchev–Trinajstić information content (AvgIpc) is 3.72. The molecule has 3 rings (SSSR count). The van der Waals surface area contributed by atoms with Gasteiger partial charge in [-0.3, -0.25) is 4.79 Å². The first kappa shape index (κ1) is 28.4. The number of epoxide rings is 1. The number of ketones is 1. The molecule has 2 aromatic rings. The smallest absolute Gasteiger partial charge is 0.202 e. The van der Waals surface area contributed by atoms with Crippen LogP contribution < -0.4 is 23.7 Å². The minimum atomic E-state index is -0.812. The van der Waals surface area contributed by atoms with E-state index < -0.39 is 12.2 Å². The topological polar surface area (TPSA) is 122 Å². The second-order valence-electron chi connectivity index (χ2n) is 7.63. The fraction of sp³-hybridized carbons (Fsp3) is 0.480. The summed E-state index contributed by atoms with van der Waals surface area (Å²) in [6.07, 6.45) is -1.37. The Hall–Kier alpha value is -3.13. The molecule has 1 heterocycles. The minimum Gasteiger partial charge on any atom is -0.467 e. The summed E-state index contributed by atoms with van der Waals surface area (Å²) in [6.45, 7) is -0.140. The molecule has 37 heavy (non-hydrogen) atoms. The van der Waals surface area contributed by atoms with Crippen molar-refractivity contribution in [3.05, 3.63) is 41.5 Å². The monoisotopic (exact) mass is 524 g/mol. The average molecular weight is 525 g/mol. The van der Waals surface area contributed by atoms with Crippen LogP contribution in [0.25, 0.3) is 0 Å². The van der Waals surface area contributed by atoms with Crippen LogP contribution in [0.3, 0.4) is 0 Å². The molecule has 2 aromatic carbocycles. The molecular formula is C25H32O12. The lowest BCUT2D eigenvalue weighted by Gasteiger charge is -2.17. The molecular weight excluding hydrogens is 492 g/mol. The van der Waals surface area contributed by atoms with Crippen molar-refractivity contribution in [2.75, 3.05) is 69.5 Å². The molecule has 12 nitrogen and oxygen atoms in total. The van der Waals surface area contributed by atoms with Crippen molar-refractivity contribution in [2.24, 2.45) is 0 Å². The van der Waals surface area contributed by atoms with Gasteiger partial charge in [0.1, 0.15) is 40.4 Å². The number of carbonyl (C=O) groups is 1. The van der Waals surface area contributed by atoms with E-state index in [1.165, 1.54) is 35.5 Å². The molecule has 0 spiro atoms. The van der Waals surface area contributed by atoms with Gasteiger partial charge in [0.15, 0.2) is 40.1 Å². The number of benzene rings is 2. The van der Waals surface area contributed by atoms with Gasteiger partial charge in [-0.2, -0.15) is 0 Å². The summed E-state index contributed by atoms with van der Waals surface area (Å²) in [5, 5.41) is 0. The molecule has 0 radical (unpaired) electrons. The Morgan fingerprint density at radius 1 is 0.622 bits per heavy atom. The summed E-state index contributed by atoms with van der Waals surface area (Å²) in [5.74, 6) is 1.37. The summed E-state index contributed by atoms with van der Waals surface area (Å²) in [5.41, 5.74) is 0.839. The Morgan fingerprint density at radius 3 is 1.46 bits per heavy atom. The lowest BCUT2D eigenvalue weighted by Crippen LogP contribution is -2.15. The van der Waals surface area contributed by atoms with E-state index in [-0.39, 0.29) is 56.8 Å². The summed E-state index contributed by atoms with van der Waals surface area (Å²) in [4.78, 5) is 13.7. The number of methoxy groups -OCH3 is 5. The fourth-order valence-electron chi connectivity index (χ4n) is 3.38. The Morgan fingerprint density at radius 2 is 1.03 bits per heavy atom. The number of carbonyl (C=O) groups excluding carboxylic acids is 1. The molecule has 0 unspecified atom stereocenters. The van der Waals surface area contributed by atoms with Gasteiger partial charge in [-0.25, -0.2) is 0 Å².